The average Bonchev–Trinajstić information content (AvgIpc) is 3.11. The fourth-order valence-corrected chi connectivity index (χ4v) is 4.32. The highest BCUT2D eigenvalue weighted by molar-refractivity contribution is 6.22. The molecule has 0 spiro atoms. The smallest absolute Gasteiger partial charge is 0.261 e. The molecule has 0 aromatic heterocycles. The number of rotatable bonds is 6. The minimum absolute atomic E-state index is 0.198. The summed E-state index contributed by atoms with van der Waals surface area (Å²) in [7, 11) is 0. The zero-order valence-corrected chi connectivity index (χ0v) is 18.7. The second-order valence-electron chi connectivity index (χ2n) is 8.44. The number of carbonyl (C=O) groups is 3. The van der Waals surface area contributed by atoms with Gasteiger partial charge in [0.05, 0.1) is 30.9 Å². The molecule has 5 rings (SSSR count). The van der Waals surface area contributed by atoms with Crippen molar-refractivity contribution in [2.75, 3.05) is 31.6 Å². The maximum Gasteiger partial charge on any atom is 0.261 e. The van der Waals surface area contributed by atoms with E-state index in [1.807, 2.05) is 54.6 Å². The molecule has 0 atom stereocenters. The largest absolute Gasteiger partial charge is 0.379 e. The van der Waals surface area contributed by atoms with Crippen molar-refractivity contribution in [2.45, 2.75) is 13.1 Å². The van der Waals surface area contributed by atoms with E-state index in [1.54, 1.807) is 12.1 Å². The third-order valence-corrected chi connectivity index (χ3v) is 6.18. The van der Waals surface area contributed by atoms with Gasteiger partial charge >= 0.3 is 0 Å². The molecular formula is C27H25N3O4. The van der Waals surface area contributed by atoms with Gasteiger partial charge in [0.2, 0.25) is 0 Å². The van der Waals surface area contributed by atoms with Crippen LogP contribution in [-0.4, -0.2) is 53.8 Å². The third kappa shape index (κ3) is 4.48. The van der Waals surface area contributed by atoms with Gasteiger partial charge in [-0.2, -0.15) is 0 Å². The lowest BCUT2D eigenvalue weighted by atomic mass is 10.0. The van der Waals surface area contributed by atoms with E-state index >= 15 is 0 Å². The van der Waals surface area contributed by atoms with Gasteiger partial charge < -0.3 is 10.1 Å². The number of hydrogen-bond donors (Lipinski definition) is 1. The SMILES string of the molecule is O=C(Nc1ccccc1CN1CCOCC1)c1ccc2c(c1)C(=O)N(Cc1ccccc1)C2=O. The van der Waals surface area contributed by atoms with E-state index in [0.717, 1.165) is 29.9 Å². The van der Waals surface area contributed by atoms with Crippen LogP contribution in [0.15, 0.2) is 72.8 Å². The number of morpholine rings is 1. The number of para-hydroxylation sites is 1. The van der Waals surface area contributed by atoms with Gasteiger partial charge in [-0.25, -0.2) is 0 Å². The van der Waals surface area contributed by atoms with Gasteiger partial charge in [-0.15, -0.1) is 0 Å². The number of anilines is 1. The molecule has 34 heavy (non-hydrogen) atoms. The molecule has 2 aliphatic rings. The Morgan fingerprint density at radius 2 is 1.53 bits per heavy atom. The Morgan fingerprint density at radius 1 is 0.824 bits per heavy atom. The first-order chi connectivity index (χ1) is 16.6. The van der Waals surface area contributed by atoms with Gasteiger partial charge in [-0.1, -0.05) is 48.5 Å². The van der Waals surface area contributed by atoms with E-state index in [4.69, 9.17) is 4.74 Å². The first kappa shape index (κ1) is 22.0. The Bertz CT molecular complexity index is 1240. The van der Waals surface area contributed by atoms with Crippen molar-refractivity contribution >= 4 is 23.4 Å². The fourth-order valence-electron chi connectivity index (χ4n) is 4.32. The monoisotopic (exact) mass is 455 g/mol. The molecule has 1 fully saturated rings. The molecule has 0 saturated carbocycles. The first-order valence-corrected chi connectivity index (χ1v) is 11.3. The van der Waals surface area contributed by atoms with Crippen LogP contribution in [-0.2, 0) is 17.8 Å². The van der Waals surface area contributed by atoms with Crippen LogP contribution in [0.5, 0.6) is 0 Å². The lowest BCUT2D eigenvalue weighted by Gasteiger charge is -2.27. The number of imide groups is 1. The number of fused-ring (bicyclic) bond motifs is 1. The van der Waals surface area contributed by atoms with Gasteiger partial charge in [0, 0.05) is 30.9 Å². The highest BCUT2D eigenvalue weighted by Crippen LogP contribution is 2.26. The van der Waals surface area contributed by atoms with Crippen molar-refractivity contribution in [1.82, 2.24) is 9.80 Å². The lowest BCUT2D eigenvalue weighted by molar-refractivity contribution is 0.0342. The van der Waals surface area contributed by atoms with E-state index in [1.165, 1.54) is 11.0 Å². The second kappa shape index (κ2) is 9.59. The molecule has 2 aliphatic heterocycles. The Labute approximate surface area is 197 Å². The maximum atomic E-state index is 13.1. The highest BCUT2D eigenvalue weighted by Gasteiger charge is 2.36. The number of ether oxygens (including phenoxy) is 1. The summed E-state index contributed by atoms with van der Waals surface area (Å²) in [6.07, 6.45) is 0. The Kier molecular flexibility index (Phi) is 6.20. The highest BCUT2D eigenvalue weighted by atomic mass is 16.5. The van der Waals surface area contributed by atoms with Crippen LogP contribution in [0.1, 0.15) is 42.2 Å². The van der Waals surface area contributed by atoms with Crippen molar-refractivity contribution in [3.05, 3.63) is 101 Å². The van der Waals surface area contributed by atoms with E-state index < -0.39 is 0 Å². The average molecular weight is 456 g/mol. The van der Waals surface area contributed by atoms with Crippen LogP contribution in [0.25, 0.3) is 0 Å². The van der Waals surface area contributed by atoms with Gasteiger partial charge in [-0.3, -0.25) is 24.2 Å². The molecule has 0 radical (unpaired) electrons. The molecule has 3 aromatic carbocycles. The van der Waals surface area contributed by atoms with Crippen molar-refractivity contribution < 1.29 is 19.1 Å². The van der Waals surface area contributed by atoms with Gasteiger partial charge in [-0.05, 0) is 35.4 Å². The summed E-state index contributed by atoms with van der Waals surface area (Å²) >= 11 is 0. The van der Waals surface area contributed by atoms with Crippen LogP contribution < -0.4 is 5.32 Å². The molecule has 3 aromatic rings. The molecule has 7 heteroatoms. The van der Waals surface area contributed by atoms with Gasteiger partial charge in [0.25, 0.3) is 17.7 Å². The van der Waals surface area contributed by atoms with Crippen LogP contribution in [0, 0.1) is 0 Å². The number of amides is 3. The summed E-state index contributed by atoms with van der Waals surface area (Å²) in [5.74, 6) is -1.04. The maximum absolute atomic E-state index is 13.1. The summed E-state index contributed by atoms with van der Waals surface area (Å²) in [5.41, 5.74) is 3.53. The zero-order chi connectivity index (χ0) is 23.5. The first-order valence-electron chi connectivity index (χ1n) is 11.3. The molecular weight excluding hydrogens is 430 g/mol. The molecule has 0 aliphatic carbocycles. The fraction of sp³-hybridized carbons (Fsp3) is 0.222. The minimum Gasteiger partial charge on any atom is -0.379 e. The molecule has 7 nitrogen and oxygen atoms in total. The summed E-state index contributed by atoms with van der Waals surface area (Å²) in [4.78, 5) is 42.4. The summed E-state index contributed by atoms with van der Waals surface area (Å²) < 4.78 is 5.42. The lowest BCUT2D eigenvalue weighted by Crippen LogP contribution is -2.35. The number of nitrogens with zero attached hydrogens (tertiary/aromatic N) is 2. The quantitative estimate of drug-likeness (QED) is 0.575. The molecule has 1 N–H and O–H groups in total. The number of nitrogens with one attached hydrogen (secondary N) is 1. The number of hydrogen-bond acceptors (Lipinski definition) is 5. The van der Waals surface area contributed by atoms with Crippen LogP contribution in [0.2, 0.25) is 0 Å². The zero-order valence-electron chi connectivity index (χ0n) is 18.7. The van der Waals surface area contributed by atoms with E-state index in [2.05, 4.69) is 10.2 Å². The van der Waals surface area contributed by atoms with Gasteiger partial charge in [0.15, 0.2) is 0 Å². The van der Waals surface area contributed by atoms with Crippen LogP contribution in [0.4, 0.5) is 5.69 Å². The van der Waals surface area contributed by atoms with E-state index in [9.17, 15) is 14.4 Å². The number of carbonyl (C=O) groups excluding carboxylic acids is 3. The topological polar surface area (TPSA) is 79.0 Å². The molecule has 0 unspecified atom stereocenters. The minimum atomic E-state index is -0.383. The normalized spacial score (nSPS) is 15.9. The Hall–Kier alpha value is -3.81. The predicted octanol–water partition coefficient (Wildman–Crippen LogP) is 3.57. The van der Waals surface area contributed by atoms with Gasteiger partial charge in [0.1, 0.15) is 0 Å². The van der Waals surface area contributed by atoms with Crippen molar-refractivity contribution in [3.8, 4) is 0 Å². The summed E-state index contributed by atoms with van der Waals surface area (Å²) in [6, 6.07) is 21.7. The molecule has 2 heterocycles. The molecule has 3 amide bonds. The molecule has 172 valence electrons. The second-order valence-corrected chi connectivity index (χ2v) is 8.44. The van der Waals surface area contributed by atoms with Crippen molar-refractivity contribution in [3.63, 3.8) is 0 Å². The predicted molar refractivity (Wildman–Crippen MR) is 128 cm³/mol. The number of benzene rings is 3. The Balaban J connectivity index is 1.33. The van der Waals surface area contributed by atoms with E-state index in [0.29, 0.717) is 30.9 Å². The third-order valence-electron chi connectivity index (χ3n) is 6.18. The molecule has 0 bridgehead atoms. The van der Waals surface area contributed by atoms with E-state index in [-0.39, 0.29) is 29.8 Å². The summed E-state index contributed by atoms with van der Waals surface area (Å²) in [5, 5.41) is 2.98. The summed E-state index contributed by atoms with van der Waals surface area (Å²) in [6.45, 7) is 4.02. The standard InChI is InChI=1S/C27H25N3O4/c31-25(28-24-9-5-4-8-21(24)18-29-12-14-34-15-13-29)20-10-11-22-23(16-20)27(33)30(26(22)32)17-19-6-2-1-3-7-19/h1-11,16H,12-15,17-18H2,(H,28,31). The van der Waals surface area contributed by atoms with Crippen molar-refractivity contribution in [1.29, 1.82) is 0 Å². The van der Waals surface area contributed by atoms with Crippen molar-refractivity contribution in [2.24, 2.45) is 0 Å². The van der Waals surface area contributed by atoms with Crippen LogP contribution in [0.3, 0.4) is 0 Å². The van der Waals surface area contributed by atoms with Crippen LogP contribution >= 0.6 is 0 Å². The Morgan fingerprint density at radius 3 is 2.32 bits per heavy atom. The molecule has 1 saturated heterocycles.